The first-order chi connectivity index (χ1) is 12.0. The van der Waals surface area contributed by atoms with Crippen molar-refractivity contribution >= 4 is 11.9 Å². The van der Waals surface area contributed by atoms with Crippen LogP contribution in [0.3, 0.4) is 0 Å². The van der Waals surface area contributed by atoms with Gasteiger partial charge >= 0.3 is 6.03 Å². The van der Waals surface area contributed by atoms with Crippen molar-refractivity contribution < 1.29 is 19.1 Å². The average molecular weight is 349 g/mol. The number of hydrogen-bond acceptors (Lipinski definition) is 4. The van der Waals surface area contributed by atoms with E-state index in [1.54, 1.807) is 24.0 Å². The number of primary amides is 1. The van der Waals surface area contributed by atoms with Gasteiger partial charge in [-0.2, -0.15) is 0 Å². The first-order valence-electron chi connectivity index (χ1n) is 8.58. The molecule has 1 aromatic carbocycles. The van der Waals surface area contributed by atoms with Crippen molar-refractivity contribution in [3.63, 3.8) is 0 Å². The summed E-state index contributed by atoms with van der Waals surface area (Å²) in [7, 11) is 3.39. The van der Waals surface area contributed by atoms with Crippen LogP contribution in [0.15, 0.2) is 24.3 Å². The predicted octanol–water partition coefficient (Wildman–Crippen LogP) is 1.71. The van der Waals surface area contributed by atoms with Gasteiger partial charge in [0.15, 0.2) is 11.5 Å². The summed E-state index contributed by atoms with van der Waals surface area (Å²) >= 11 is 0. The summed E-state index contributed by atoms with van der Waals surface area (Å²) in [5, 5.41) is 0. The third kappa shape index (κ3) is 5.27. The lowest BCUT2D eigenvalue weighted by molar-refractivity contribution is -0.135. The lowest BCUT2D eigenvalue weighted by Crippen LogP contribution is -2.47. The number of methoxy groups -OCH3 is 1. The van der Waals surface area contributed by atoms with Crippen molar-refractivity contribution in [2.45, 2.75) is 19.3 Å². The smallest absolute Gasteiger partial charge is 0.314 e. The van der Waals surface area contributed by atoms with E-state index in [2.05, 4.69) is 0 Å². The van der Waals surface area contributed by atoms with E-state index in [1.165, 1.54) is 0 Å². The monoisotopic (exact) mass is 349 g/mol. The van der Waals surface area contributed by atoms with Gasteiger partial charge in [-0.1, -0.05) is 12.1 Å². The Morgan fingerprint density at radius 2 is 2.04 bits per heavy atom. The number of hydrogen-bond donors (Lipinski definition) is 1. The highest BCUT2D eigenvalue weighted by Crippen LogP contribution is 2.25. The fraction of sp³-hybridized carbons (Fsp3) is 0.556. The zero-order valence-corrected chi connectivity index (χ0v) is 14.9. The van der Waals surface area contributed by atoms with Gasteiger partial charge in [0, 0.05) is 26.7 Å². The molecule has 7 nitrogen and oxygen atoms in total. The first kappa shape index (κ1) is 18.9. The number of likely N-dealkylation sites (tertiary alicyclic amines) is 1. The lowest BCUT2D eigenvalue weighted by Gasteiger charge is -2.33. The maximum atomic E-state index is 12.5. The molecule has 0 aliphatic carbocycles. The number of urea groups is 1. The molecule has 1 aliphatic heterocycles. The highest BCUT2D eigenvalue weighted by molar-refractivity contribution is 5.80. The van der Waals surface area contributed by atoms with E-state index in [-0.39, 0.29) is 11.8 Å². The molecule has 1 saturated heterocycles. The van der Waals surface area contributed by atoms with Crippen LogP contribution in [-0.2, 0) is 4.79 Å². The fourth-order valence-corrected chi connectivity index (χ4v) is 3.02. The second-order valence-electron chi connectivity index (χ2n) is 6.24. The molecule has 0 aromatic heterocycles. The van der Waals surface area contributed by atoms with Crippen LogP contribution in [0.25, 0.3) is 0 Å². The maximum absolute atomic E-state index is 12.5. The van der Waals surface area contributed by atoms with E-state index >= 15 is 0 Å². The molecule has 3 amide bonds. The van der Waals surface area contributed by atoms with Gasteiger partial charge in [-0.3, -0.25) is 4.79 Å². The Hall–Kier alpha value is -2.44. The standard InChI is InChI=1S/C18H27N3O4/c1-20(17(22)14-7-5-11-21(13-14)18(19)23)10-6-12-25-16-9-4-3-8-15(16)24-2/h3-4,8-9,14H,5-7,10-13H2,1-2H3,(H2,19,23). The Bertz CT molecular complexity index is 593. The Morgan fingerprint density at radius 3 is 2.72 bits per heavy atom. The maximum Gasteiger partial charge on any atom is 0.314 e. The fourth-order valence-electron chi connectivity index (χ4n) is 3.02. The number of rotatable bonds is 7. The number of piperidine rings is 1. The summed E-state index contributed by atoms with van der Waals surface area (Å²) < 4.78 is 11.0. The Morgan fingerprint density at radius 1 is 1.32 bits per heavy atom. The van der Waals surface area contributed by atoms with Crippen LogP contribution in [-0.4, -0.2) is 62.1 Å². The van der Waals surface area contributed by atoms with Crippen molar-refractivity contribution in [2.24, 2.45) is 11.7 Å². The van der Waals surface area contributed by atoms with Gasteiger partial charge in [-0.25, -0.2) is 4.79 Å². The number of benzene rings is 1. The molecular weight excluding hydrogens is 322 g/mol. The average Bonchev–Trinajstić information content (AvgIpc) is 2.64. The highest BCUT2D eigenvalue weighted by atomic mass is 16.5. The molecule has 2 N–H and O–H groups in total. The second-order valence-corrected chi connectivity index (χ2v) is 6.24. The van der Waals surface area contributed by atoms with Crippen LogP contribution < -0.4 is 15.2 Å². The molecule has 7 heteroatoms. The number of carbonyl (C=O) groups is 2. The number of ether oxygens (including phenoxy) is 2. The molecule has 25 heavy (non-hydrogen) atoms. The summed E-state index contributed by atoms with van der Waals surface area (Å²) in [4.78, 5) is 27.1. The summed E-state index contributed by atoms with van der Waals surface area (Å²) in [5.41, 5.74) is 5.32. The van der Waals surface area contributed by atoms with E-state index in [9.17, 15) is 9.59 Å². The van der Waals surface area contributed by atoms with Gasteiger partial charge in [-0.15, -0.1) is 0 Å². The van der Waals surface area contributed by atoms with Crippen LogP contribution in [0.2, 0.25) is 0 Å². The van der Waals surface area contributed by atoms with Gasteiger partial charge in [0.2, 0.25) is 5.91 Å². The molecular formula is C18H27N3O4. The molecule has 1 fully saturated rings. The molecule has 1 aliphatic rings. The molecule has 2 rings (SSSR count). The third-order valence-corrected chi connectivity index (χ3v) is 4.42. The van der Waals surface area contributed by atoms with Gasteiger partial charge in [0.1, 0.15) is 0 Å². The van der Waals surface area contributed by atoms with Gasteiger partial charge in [-0.05, 0) is 31.4 Å². The van der Waals surface area contributed by atoms with Crippen molar-refractivity contribution in [1.29, 1.82) is 0 Å². The largest absolute Gasteiger partial charge is 0.493 e. The molecule has 1 aromatic rings. The molecule has 0 bridgehead atoms. The quantitative estimate of drug-likeness (QED) is 0.760. The van der Waals surface area contributed by atoms with E-state index < -0.39 is 6.03 Å². The van der Waals surface area contributed by atoms with Gasteiger partial charge < -0.3 is 25.0 Å². The molecule has 1 atom stereocenters. The van der Waals surface area contributed by atoms with Crippen molar-refractivity contribution in [2.75, 3.05) is 40.4 Å². The third-order valence-electron chi connectivity index (χ3n) is 4.42. The minimum Gasteiger partial charge on any atom is -0.493 e. The van der Waals surface area contributed by atoms with E-state index in [0.717, 1.165) is 12.8 Å². The highest BCUT2D eigenvalue weighted by Gasteiger charge is 2.29. The summed E-state index contributed by atoms with van der Waals surface area (Å²) in [6.45, 7) is 2.14. The van der Waals surface area contributed by atoms with Crippen LogP contribution >= 0.6 is 0 Å². The van der Waals surface area contributed by atoms with Crippen LogP contribution in [0, 0.1) is 5.92 Å². The number of nitrogens with zero attached hydrogens (tertiary/aromatic N) is 2. The van der Waals surface area contributed by atoms with E-state index in [4.69, 9.17) is 15.2 Å². The Kier molecular flexibility index (Phi) is 6.91. The SMILES string of the molecule is COc1ccccc1OCCCN(C)C(=O)C1CCCN(C(N)=O)C1. The van der Waals surface area contributed by atoms with Crippen molar-refractivity contribution in [3.05, 3.63) is 24.3 Å². The summed E-state index contributed by atoms with van der Waals surface area (Å²) in [6.07, 6.45) is 2.32. The van der Waals surface area contributed by atoms with E-state index in [1.807, 2.05) is 24.3 Å². The number of para-hydroxylation sites is 2. The van der Waals surface area contributed by atoms with Crippen molar-refractivity contribution in [1.82, 2.24) is 9.80 Å². The normalized spacial score (nSPS) is 17.0. The minimum absolute atomic E-state index is 0.0586. The topological polar surface area (TPSA) is 85.1 Å². The first-order valence-corrected chi connectivity index (χ1v) is 8.58. The molecule has 1 heterocycles. The molecule has 0 saturated carbocycles. The minimum atomic E-state index is -0.453. The number of carbonyl (C=O) groups excluding carboxylic acids is 2. The molecule has 0 radical (unpaired) electrons. The molecule has 1 unspecified atom stereocenters. The zero-order valence-electron chi connectivity index (χ0n) is 14.9. The Labute approximate surface area is 148 Å². The van der Waals surface area contributed by atoms with Crippen LogP contribution in [0.1, 0.15) is 19.3 Å². The molecule has 138 valence electrons. The summed E-state index contributed by atoms with van der Waals surface area (Å²) in [6, 6.07) is 7.02. The second kappa shape index (κ2) is 9.15. The molecule has 0 spiro atoms. The zero-order chi connectivity index (χ0) is 18.2. The predicted molar refractivity (Wildman–Crippen MR) is 94.6 cm³/mol. The van der Waals surface area contributed by atoms with Crippen molar-refractivity contribution in [3.8, 4) is 11.5 Å². The van der Waals surface area contributed by atoms with E-state index in [0.29, 0.717) is 44.2 Å². The summed E-state index contributed by atoms with van der Waals surface area (Å²) in [5.74, 6) is 1.29. The Balaban J connectivity index is 1.75. The van der Waals surface area contributed by atoms with Gasteiger partial charge in [0.05, 0.1) is 19.6 Å². The number of amides is 3. The number of nitrogens with two attached hydrogens (primary N) is 1. The lowest BCUT2D eigenvalue weighted by atomic mass is 9.97. The van der Waals surface area contributed by atoms with Crippen LogP contribution in [0.4, 0.5) is 4.79 Å². The van der Waals surface area contributed by atoms with Crippen LogP contribution in [0.5, 0.6) is 11.5 Å². The van der Waals surface area contributed by atoms with Gasteiger partial charge in [0.25, 0.3) is 0 Å².